The lowest BCUT2D eigenvalue weighted by molar-refractivity contribution is 0.580. The van der Waals surface area contributed by atoms with E-state index in [1.165, 1.54) is 31.2 Å². The second-order valence-corrected chi connectivity index (χ2v) is 5.11. The molecule has 0 aliphatic heterocycles. The van der Waals surface area contributed by atoms with Crippen LogP contribution < -0.4 is 5.32 Å². The minimum Gasteiger partial charge on any atom is -0.384 e. The van der Waals surface area contributed by atoms with Gasteiger partial charge in [-0.1, -0.05) is 12.8 Å². The zero-order valence-corrected chi connectivity index (χ0v) is 10.7. The molecule has 2 nitrogen and oxygen atoms in total. The van der Waals surface area contributed by atoms with Gasteiger partial charge in [-0.3, -0.25) is 0 Å². The average Bonchev–Trinajstić information content (AvgIpc) is 2.73. The van der Waals surface area contributed by atoms with E-state index in [-0.39, 0.29) is 0 Å². The Bertz CT molecular complexity index is 332. The van der Waals surface area contributed by atoms with Crippen molar-refractivity contribution in [2.75, 3.05) is 11.9 Å². The highest BCUT2D eigenvalue weighted by Crippen LogP contribution is 2.25. The summed E-state index contributed by atoms with van der Waals surface area (Å²) in [5, 5.41) is 3.47. The predicted octanol–water partition coefficient (Wildman–Crippen LogP) is 3.75. The van der Waals surface area contributed by atoms with Gasteiger partial charge in [0.2, 0.25) is 0 Å². The molecule has 1 fully saturated rings. The molecule has 0 amide bonds. The largest absolute Gasteiger partial charge is 0.384 e. The van der Waals surface area contributed by atoms with E-state index < -0.39 is 0 Å². The minimum absolute atomic E-state index is 0.869. The molecule has 0 unspecified atom stereocenters. The molecule has 1 aromatic rings. The van der Waals surface area contributed by atoms with Gasteiger partial charge >= 0.3 is 0 Å². The average molecular weight is 269 g/mol. The number of pyridine rings is 1. The molecule has 0 bridgehead atoms. The summed E-state index contributed by atoms with van der Waals surface area (Å²) in [6, 6.07) is 2.14. The summed E-state index contributed by atoms with van der Waals surface area (Å²) in [6.07, 6.45) is 7.48. The van der Waals surface area contributed by atoms with Crippen LogP contribution in [0.5, 0.6) is 0 Å². The van der Waals surface area contributed by atoms with Gasteiger partial charge in [-0.15, -0.1) is 0 Å². The molecule has 1 aromatic heterocycles. The number of anilines is 1. The van der Waals surface area contributed by atoms with Crippen molar-refractivity contribution in [2.24, 2.45) is 5.92 Å². The van der Waals surface area contributed by atoms with Gasteiger partial charge in [-0.05, 0) is 53.2 Å². The third kappa shape index (κ3) is 2.94. The zero-order chi connectivity index (χ0) is 10.7. The van der Waals surface area contributed by atoms with Gasteiger partial charge in [-0.25, -0.2) is 4.98 Å². The van der Waals surface area contributed by atoms with Crippen LogP contribution in [-0.4, -0.2) is 11.5 Å². The number of aromatic nitrogens is 1. The molecular formula is C12H17BrN2. The van der Waals surface area contributed by atoms with E-state index in [0.29, 0.717) is 0 Å². The van der Waals surface area contributed by atoms with Gasteiger partial charge in [-0.2, -0.15) is 0 Å². The van der Waals surface area contributed by atoms with Crippen LogP contribution in [0.2, 0.25) is 0 Å². The van der Waals surface area contributed by atoms with Crippen LogP contribution in [0.4, 0.5) is 5.69 Å². The monoisotopic (exact) mass is 268 g/mol. The molecule has 0 aromatic carbocycles. The number of hydrogen-bond acceptors (Lipinski definition) is 2. The fourth-order valence-electron chi connectivity index (χ4n) is 2.13. The Labute approximate surface area is 99.6 Å². The SMILES string of the molecule is Cc1cc(NCC2CCCC2)cnc1Br. The summed E-state index contributed by atoms with van der Waals surface area (Å²) in [6.45, 7) is 3.17. The summed E-state index contributed by atoms with van der Waals surface area (Å²) in [5.41, 5.74) is 2.33. The Morgan fingerprint density at radius 1 is 1.47 bits per heavy atom. The Hall–Kier alpha value is -0.570. The number of nitrogens with zero attached hydrogens (tertiary/aromatic N) is 1. The van der Waals surface area contributed by atoms with E-state index >= 15 is 0 Å². The fourth-order valence-corrected chi connectivity index (χ4v) is 2.35. The van der Waals surface area contributed by atoms with Crippen LogP contribution in [-0.2, 0) is 0 Å². The van der Waals surface area contributed by atoms with Gasteiger partial charge in [0, 0.05) is 6.54 Å². The highest BCUT2D eigenvalue weighted by molar-refractivity contribution is 9.10. The van der Waals surface area contributed by atoms with Crippen molar-refractivity contribution >= 4 is 21.6 Å². The van der Waals surface area contributed by atoms with Gasteiger partial charge in [0.05, 0.1) is 11.9 Å². The lowest BCUT2D eigenvalue weighted by atomic mass is 10.1. The summed E-state index contributed by atoms with van der Waals surface area (Å²) < 4.78 is 0.939. The molecule has 3 heteroatoms. The first-order chi connectivity index (χ1) is 7.25. The lowest BCUT2D eigenvalue weighted by Crippen LogP contribution is -2.11. The fraction of sp³-hybridized carbons (Fsp3) is 0.583. The summed E-state index contributed by atoms with van der Waals surface area (Å²) in [7, 11) is 0. The summed E-state index contributed by atoms with van der Waals surface area (Å²) in [5.74, 6) is 0.869. The molecule has 82 valence electrons. The topological polar surface area (TPSA) is 24.9 Å². The van der Waals surface area contributed by atoms with Crippen molar-refractivity contribution in [1.82, 2.24) is 4.98 Å². The van der Waals surface area contributed by atoms with Gasteiger partial charge < -0.3 is 5.32 Å². The maximum absolute atomic E-state index is 4.28. The second kappa shape index (κ2) is 4.97. The molecule has 1 saturated carbocycles. The minimum atomic E-state index is 0.869. The van der Waals surface area contributed by atoms with Crippen LogP contribution in [0.25, 0.3) is 0 Å². The third-order valence-electron chi connectivity index (χ3n) is 3.08. The Balaban J connectivity index is 1.90. The standard InChI is InChI=1S/C12H17BrN2/c1-9-6-11(8-15-12(9)13)14-7-10-4-2-3-5-10/h6,8,10,14H,2-5,7H2,1H3. The number of aryl methyl sites for hydroxylation is 1. The molecule has 0 atom stereocenters. The van der Waals surface area contributed by atoms with E-state index in [1.807, 2.05) is 6.20 Å². The van der Waals surface area contributed by atoms with Crippen molar-refractivity contribution in [2.45, 2.75) is 32.6 Å². The van der Waals surface area contributed by atoms with Crippen LogP contribution in [0, 0.1) is 12.8 Å². The van der Waals surface area contributed by atoms with Crippen LogP contribution >= 0.6 is 15.9 Å². The lowest BCUT2D eigenvalue weighted by Gasteiger charge is -2.12. The molecule has 0 radical (unpaired) electrons. The number of nitrogens with one attached hydrogen (secondary N) is 1. The number of halogens is 1. The predicted molar refractivity (Wildman–Crippen MR) is 67.1 cm³/mol. The molecule has 1 N–H and O–H groups in total. The number of hydrogen-bond donors (Lipinski definition) is 1. The van der Waals surface area contributed by atoms with E-state index in [0.717, 1.165) is 22.8 Å². The molecule has 2 rings (SSSR count). The highest BCUT2D eigenvalue weighted by atomic mass is 79.9. The van der Waals surface area contributed by atoms with Gasteiger partial charge in [0.25, 0.3) is 0 Å². The van der Waals surface area contributed by atoms with Gasteiger partial charge in [0.15, 0.2) is 0 Å². The van der Waals surface area contributed by atoms with Crippen molar-refractivity contribution < 1.29 is 0 Å². The molecule has 0 saturated heterocycles. The number of rotatable bonds is 3. The molecule has 0 spiro atoms. The van der Waals surface area contributed by atoms with Crippen molar-refractivity contribution in [3.05, 3.63) is 22.4 Å². The second-order valence-electron chi connectivity index (χ2n) is 4.36. The van der Waals surface area contributed by atoms with E-state index in [4.69, 9.17) is 0 Å². The van der Waals surface area contributed by atoms with E-state index in [9.17, 15) is 0 Å². The first kappa shape index (κ1) is 10.9. The molecule has 1 heterocycles. The highest BCUT2D eigenvalue weighted by Gasteiger charge is 2.14. The maximum Gasteiger partial charge on any atom is 0.109 e. The van der Waals surface area contributed by atoms with Crippen molar-refractivity contribution in [3.63, 3.8) is 0 Å². The molecular weight excluding hydrogens is 252 g/mol. The molecule has 15 heavy (non-hydrogen) atoms. The van der Waals surface area contributed by atoms with Crippen LogP contribution in [0.15, 0.2) is 16.9 Å². The Morgan fingerprint density at radius 3 is 2.87 bits per heavy atom. The van der Waals surface area contributed by atoms with E-state index in [2.05, 4.69) is 39.2 Å². The third-order valence-corrected chi connectivity index (χ3v) is 3.91. The van der Waals surface area contributed by atoms with Gasteiger partial charge in [0.1, 0.15) is 4.60 Å². The quantitative estimate of drug-likeness (QED) is 0.845. The van der Waals surface area contributed by atoms with Crippen molar-refractivity contribution in [3.8, 4) is 0 Å². The smallest absolute Gasteiger partial charge is 0.109 e. The maximum atomic E-state index is 4.28. The van der Waals surface area contributed by atoms with Crippen molar-refractivity contribution in [1.29, 1.82) is 0 Å². The van der Waals surface area contributed by atoms with Crippen LogP contribution in [0.3, 0.4) is 0 Å². The Morgan fingerprint density at radius 2 is 2.20 bits per heavy atom. The zero-order valence-electron chi connectivity index (χ0n) is 9.09. The molecule has 1 aliphatic rings. The van der Waals surface area contributed by atoms with Crippen LogP contribution in [0.1, 0.15) is 31.2 Å². The first-order valence-electron chi connectivity index (χ1n) is 5.62. The normalized spacial score (nSPS) is 16.9. The Kier molecular flexibility index (Phi) is 3.62. The first-order valence-corrected chi connectivity index (χ1v) is 6.41. The summed E-state index contributed by atoms with van der Waals surface area (Å²) in [4.78, 5) is 4.28. The van der Waals surface area contributed by atoms with E-state index in [1.54, 1.807) is 0 Å². The summed E-state index contributed by atoms with van der Waals surface area (Å²) >= 11 is 3.41. The molecule has 1 aliphatic carbocycles.